The maximum atomic E-state index is 11.9. The van der Waals surface area contributed by atoms with Crippen LogP contribution in [0.25, 0.3) is 0 Å². The molecule has 4 heteroatoms. The smallest absolute Gasteiger partial charge is 0.410 e. The Morgan fingerprint density at radius 3 is 2.65 bits per heavy atom. The van der Waals surface area contributed by atoms with Gasteiger partial charge in [-0.05, 0) is 58.9 Å². The Balaban J connectivity index is 2.43. The van der Waals surface area contributed by atoms with Gasteiger partial charge < -0.3 is 15.4 Å². The zero-order valence-corrected chi connectivity index (χ0v) is 11.4. The van der Waals surface area contributed by atoms with Crippen molar-refractivity contribution in [2.75, 3.05) is 19.6 Å². The number of hydrogen-bond donors (Lipinski definition) is 1. The van der Waals surface area contributed by atoms with Crippen molar-refractivity contribution in [3.05, 3.63) is 0 Å². The van der Waals surface area contributed by atoms with Crippen molar-refractivity contribution in [2.24, 2.45) is 11.7 Å². The molecule has 1 saturated heterocycles. The number of carbonyl (C=O) groups is 1. The summed E-state index contributed by atoms with van der Waals surface area (Å²) < 4.78 is 5.39. The fraction of sp³-hybridized carbons (Fsp3) is 0.923. The number of amides is 1. The molecule has 1 rings (SSSR count). The molecule has 0 aromatic heterocycles. The average molecular weight is 242 g/mol. The highest BCUT2D eigenvalue weighted by atomic mass is 16.6. The summed E-state index contributed by atoms with van der Waals surface area (Å²) in [5.74, 6) is 0.674. The summed E-state index contributed by atoms with van der Waals surface area (Å²) in [7, 11) is 0. The van der Waals surface area contributed by atoms with E-state index in [-0.39, 0.29) is 6.09 Å². The van der Waals surface area contributed by atoms with E-state index in [1.54, 1.807) is 0 Å². The third-order valence-electron chi connectivity index (χ3n) is 3.07. The molecule has 1 aliphatic heterocycles. The molecule has 100 valence electrons. The molecule has 0 aliphatic carbocycles. The minimum absolute atomic E-state index is 0.175. The second-order valence-corrected chi connectivity index (χ2v) is 5.84. The summed E-state index contributed by atoms with van der Waals surface area (Å²) in [4.78, 5) is 13.7. The maximum Gasteiger partial charge on any atom is 0.410 e. The minimum atomic E-state index is -0.403. The van der Waals surface area contributed by atoms with Gasteiger partial charge in [0.25, 0.3) is 0 Å². The van der Waals surface area contributed by atoms with E-state index in [2.05, 4.69) is 0 Å². The molecule has 1 fully saturated rings. The summed E-state index contributed by atoms with van der Waals surface area (Å²) in [5.41, 5.74) is 5.18. The second-order valence-electron chi connectivity index (χ2n) is 5.84. The third-order valence-corrected chi connectivity index (χ3v) is 3.07. The highest BCUT2D eigenvalue weighted by molar-refractivity contribution is 5.68. The molecule has 1 atom stereocenters. The van der Waals surface area contributed by atoms with Crippen LogP contribution < -0.4 is 5.73 Å². The first-order valence-corrected chi connectivity index (χ1v) is 6.60. The fourth-order valence-corrected chi connectivity index (χ4v) is 2.20. The van der Waals surface area contributed by atoms with E-state index in [0.717, 1.165) is 38.9 Å². The van der Waals surface area contributed by atoms with E-state index >= 15 is 0 Å². The number of likely N-dealkylation sites (tertiary alicyclic amines) is 1. The predicted molar refractivity (Wildman–Crippen MR) is 68.8 cm³/mol. The van der Waals surface area contributed by atoms with Gasteiger partial charge in [-0.25, -0.2) is 4.79 Å². The predicted octanol–water partition coefficient (Wildman–Crippen LogP) is 2.37. The van der Waals surface area contributed by atoms with Crippen LogP contribution in [-0.2, 0) is 4.74 Å². The van der Waals surface area contributed by atoms with Crippen molar-refractivity contribution in [1.29, 1.82) is 0 Å². The number of nitrogens with two attached hydrogens (primary N) is 1. The lowest BCUT2D eigenvalue weighted by atomic mass is 9.97. The van der Waals surface area contributed by atoms with Crippen LogP contribution in [0.15, 0.2) is 0 Å². The van der Waals surface area contributed by atoms with Crippen molar-refractivity contribution < 1.29 is 9.53 Å². The normalized spacial score (nSPS) is 22.1. The largest absolute Gasteiger partial charge is 0.444 e. The first kappa shape index (κ1) is 14.3. The van der Waals surface area contributed by atoms with Gasteiger partial charge in [-0.15, -0.1) is 0 Å². The van der Waals surface area contributed by atoms with Gasteiger partial charge in [-0.2, -0.15) is 0 Å². The lowest BCUT2D eigenvalue weighted by Gasteiger charge is -2.26. The molecule has 0 spiro atoms. The van der Waals surface area contributed by atoms with E-state index in [4.69, 9.17) is 10.5 Å². The second kappa shape index (κ2) is 6.24. The number of ether oxygens (including phenoxy) is 1. The Kier molecular flexibility index (Phi) is 5.25. The summed E-state index contributed by atoms with van der Waals surface area (Å²) in [6.07, 6.45) is 4.19. The van der Waals surface area contributed by atoms with Gasteiger partial charge >= 0.3 is 6.09 Å². The lowest BCUT2D eigenvalue weighted by molar-refractivity contribution is 0.0255. The van der Waals surface area contributed by atoms with Crippen molar-refractivity contribution in [3.8, 4) is 0 Å². The van der Waals surface area contributed by atoms with Crippen molar-refractivity contribution >= 4 is 6.09 Å². The molecular formula is C13H26N2O2. The van der Waals surface area contributed by atoms with Gasteiger partial charge in [0.05, 0.1) is 0 Å². The average Bonchev–Trinajstić information content (AvgIpc) is 2.41. The first-order valence-electron chi connectivity index (χ1n) is 6.60. The van der Waals surface area contributed by atoms with Crippen LogP contribution in [0.1, 0.15) is 46.5 Å². The van der Waals surface area contributed by atoms with Crippen LogP contribution in [0, 0.1) is 5.92 Å². The fourth-order valence-electron chi connectivity index (χ4n) is 2.20. The highest BCUT2D eigenvalue weighted by Gasteiger charge is 2.24. The van der Waals surface area contributed by atoms with Gasteiger partial charge in [0, 0.05) is 13.1 Å². The van der Waals surface area contributed by atoms with Crippen LogP contribution in [0.2, 0.25) is 0 Å². The monoisotopic (exact) mass is 242 g/mol. The van der Waals surface area contributed by atoms with Crippen molar-refractivity contribution in [3.63, 3.8) is 0 Å². The van der Waals surface area contributed by atoms with Crippen LogP contribution in [0.3, 0.4) is 0 Å². The van der Waals surface area contributed by atoms with E-state index in [1.165, 1.54) is 6.42 Å². The van der Waals surface area contributed by atoms with Gasteiger partial charge in [0.1, 0.15) is 5.60 Å². The van der Waals surface area contributed by atoms with Crippen LogP contribution in [0.4, 0.5) is 4.79 Å². The molecule has 1 aliphatic rings. The van der Waals surface area contributed by atoms with E-state index < -0.39 is 5.60 Å². The molecular weight excluding hydrogens is 216 g/mol. The molecule has 1 amide bonds. The van der Waals surface area contributed by atoms with E-state index in [0.29, 0.717) is 5.92 Å². The Morgan fingerprint density at radius 1 is 1.35 bits per heavy atom. The first-order chi connectivity index (χ1) is 7.92. The van der Waals surface area contributed by atoms with Gasteiger partial charge in [0.15, 0.2) is 0 Å². The van der Waals surface area contributed by atoms with Crippen LogP contribution >= 0.6 is 0 Å². The Morgan fingerprint density at radius 2 is 2.06 bits per heavy atom. The minimum Gasteiger partial charge on any atom is -0.444 e. The van der Waals surface area contributed by atoms with Crippen molar-refractivity contribution in [2.45, 2.75) is 52.1 Å². The molecule has 0 saturated carbocycles. The molecule has 0 unspecified atom stereocenters. The molecule has 2 N–H and O–H groups in total. The maximum absolute atomic E-state index is 11.9. The molecule has 0 bridgehead atoms. The van der Waals surface area contributed by atoms with Crippen molar-refractivity contribution in [1.82, 2.24) is 4.90 Å². The quantitative estimate of drug-likeness (QED) is 0.808. The SMILES string of the molecule is CC(C)(C)OC(=O)N1CCC[C@H](CCN)CC1. The lowest BCUT2D eigenvalue weighted by Crippen LogP contribution is -2.37. The number of carbonyl (C=O) groups excluding carboxylic acids is 1. The Bertz CT molecular complexity index is 248. The molecule has 17 heavy (non-hydrogen) atoms. The molecule has 0 aromatic rings. The summed E-state index contributed by atoms with van der Waals surface area (Å²) >= 11 is 0. The molecule has 1 heterocycles. The van der Waals surface area contributed by atoms with Crippen LogP contribution in [0.5, 0.6) is 0 Å². The zero-order valence-electron chi connectivity index (χ0n) is 11.4. The summed E-state index contributed by atoms with van der Waals surface area (Å²) in [6, 6.07) is 0. The summed E-state index contributed by atoms with van der Waals surface area (Å²) in [5, 5.41) is 0. The van der Waals surface area contributed by atoms with Crippen LogP contribution in [-0.4, -0.2) is 36.2 Å². The number of rotatable bonds is 2. The van der Waals surface area contributed by atoms with Gasteiger partial charge in [-0.3, -0.25) is 0 Å². The number of nitrogens with zero attached hydrogens (tertiary/aromatic N) is 1. The Labute approximate surface area is 104 Å². The Hall–Kier alpha value is -0.770. The topological polar surface area (TPSA) is 55.6 Å². The highest BCUT2D eigenvalue weighted by Crippen LogP contribution is 2.21. The van der Waals surface area contributed by atoms with Gasteiger partial charge in [-0.1, -0.05) is 0 Å². The summed E-state index contributed by atoms with van der Waals surface area (Å²) in [6.45, 7) is 8.08. The standard InChI is InChI=1S/C13H26N2O2/c1-13(2,3)17-12(16)15-9-4-5-11(6-8-14)7-10-15/h11H,4-10,14H2,1-3H3/t11-/m1/s1. The van der Waals surface area contributed by atoms with E-state index in [9.17, 15) is 4.79 Å². The molecule has 4 nitrogen and oxygen atoms in total. The third kappa shape index (κ3) is 5.39. The number of hydrogen-bond acceptors (Lipinski definition) is 3. The van der Waals surface area contributed by atoms with E-state index in [1.807, 2.05) is 25.7 Å². The van der Waals surface area contributed by atoms with Gasteiger partial charge in [0.2, 0.25) is 0 Å². The zero-order chi connectivity index (χ0) is 12.9. The molecule has 0 radical (unpaired) electrons. The molecule has 0 aromatic carbocycles.